The number of nitrogens with one attached hydrogen (secondary N) is 1. The minimum atomic E-state index is -0.549. The number of carbonyl (C=O) groups is 1. The van der Waals surface area contributed by atoms with Crippen molar-refractivity contribution in [2.75, 3.05) is 20.7 Å². The van der Waals surface area contributed by atoms with Crippen molar-refractivity contribution < 1.29 is 24.1 Å². The largest absolute Gasteiger partial charge is 0.504 e. The number of hydrogen-bond acceptors (Lipinski definition) is 7. The highest BCUT2D eigenvalue weighted by Crippen LogP contribution is 2.66. The first-order valence-electron chi connectivity index (χ1n) is 13.3. The number of aromatic hydroxyl groups is 1. The molecule has 2 aliphatic carbocycles. The predicted octanol–water partition coefficient (Wildman–Crippen LogP) is 3.54. The Balaban J connectivity index is 1.57. The summed E-state index contributed by atoms with van der Waals surface area (Å²) in [5, 5.41) is 14.6. The smallest absolute Gasteiger partial charge is 0.323 e. The number of phenolic OH excluding ortho intramolecular Hbond substituents is 1. The van der Waals surface area contributed by atoms with Crippen LogP contribution in [0.1, 0.15) is 71.4 Å². The topological polar surface area (TPSA) is 80.3 Å². The number of carbonyl (C=O) groups excluding carboxylic acids is 1. The van der Waals surface area contributed by atoms with E-state index >= 15 is 0 Å². The van der Waals surface area contributed by atoms with Gasteiger partial charge in [-0.25, -0.2) is 0 Å². The summed E-state index contributed by atoms with van der Waals surface area (Å²) >= 11 is 0. The molecule has 7 atom stereocenters. The number of likely N-dealkylation sites (tertiary alicyclic amines) is 1. The van der Waals surface area contributed by atoms with Gasteiger partial charge in [0, 0.05) is 24.8 Å². The molecular weight excluding hydrogens is 444 g/mol. The van der Waals surface area contributed by atoms with Gasteiger partial charge >= 0.3 is 5.97 Å². The zero-order valence-corrected chi connectivity index (χ0v) is 22.3. The summed E-state index contributed by atoms with van der Waals surface area (Å²) in [5.74, 6) is 0.708. The fourth-order valence-electron chi connectivity index (χ4n) is 7.61. The van der Waals surface area contributed by atoms with Gasteiger partial charge in [-0.2, -0.15) is 0 Å². The highest BCUT2D eigenvalue weighted by Gasteiger charge is 2.73. The van der Waals surface area contributed by atoms with Crippen LogP contribution in [0.15, 0.2) is 12.1 Å². The number of hydrogen-bond donors (Lipinski definition) is 2. The van der Waals surface area contributed by atoms with Gasteiger partial charge in [-0.05, 0) is 77.6 Å². The maximum Gasteiger partial charge on any atom is 0.323 e. The maximum atomic E-state index is 13.3. The van der Waals surface area contributed by atoms with Crippen LogP contribution in [0.4, 0.5) is 0 Å². The molecule has 7 heteroatoms. The van der Waals surface area contributed by atoms with Crippen molar-refractivity contribution in [3.8, 4) is 11.5 Å². The van der Waals surface area contributed by atoms with Gasteiger partial charge in [0.25, 0.3) is 0 Å². The molecule has 2 N–H and O–H groups in total. The van der Waals surface area contributed by atoms with Crippen molar-refractivity contribution in [2.24, 2.45) is 5.92 Å². The normalized spacial score (nSPS) is 35.1. The Kier molecular flexibility index (Phi) is 5.93. The van der Waals surface area contributed by atoms with Crippen LogP contribution in [0, 0.1) is 5.92 Å². The summed E-state index contributed by atoms with van der Waals surface area (Å²) in [6, 6.07) is 3.58. The molecule has 1 spiro atoms. The number of piperidine rings is 1. The highest BCUT2D eigenvalue weighted by atomic mass is 16.6. The summed E-state index contributed by atoms with van der Waals surface area (Å²) in [5.41, 5.74) is 1.07. The van der Waals surface area contributed by atoms with E-state index in [4.69, 9.17) is 14.2 Å². The Labute approximate surface area is 209 Å². The molecule has 1 aromatic carbocycles. The van der Waals surface area contributed by atoms with Crippen LogP contribution in [0.2, 0.25) is 0 Å². The molecule has 0 amide bonds. The number of ether oxygens (including phenoxy) is 3. The molecule has 2 bridgehead atoms. The molecule has 0 radical (unpaired) electrons. The number of esters is 1. The molecule has 194 valence electrons. The lowest BCUT2D eigenvalue weighted by molar-refractivity contribution is -0.204. The van der Waals surface area contributed by atoms with Gasteiger partial charge in [0.15, 0.2) is 11.5 Å². The van der Waals surface area contributed by atoms with Crippen LogP contribution < -0.4 is 10.1 Å². The van der Waals surface area contributed by atoms with Gasteiger partial charge < -0.3 is 24.2 Å². The van der Waals surface area contributed by atoms with Crippen molar-refractivity contribution in [1.82, 2.24) is 10.2 Å². The Morgan fingerprint density at radius 1 is 1.34 bits per heavy atom. The third kappa shape index (κ3) is 3.45. The van der Waals surface area contributed by atoms with Gasteiger partial charge in [0.2, 0.25) is 0 Å². The Hall–Kier alpha value is -1.83. The van der Waals surface area contributed by atoms with Crippen molar-refractivity contribution in [3.05, 3.63) is 23.3 Å². The lowest BCUT2D eigenvalue weighted by atomic mass is 9.48. The SMILES string of the molecule is CC[C@H](C)[C@H](N[C@H]1CC[C@@]2(OC)[C@H]3Cc4ccc(O)c5c4[C@@]2(CCN3C)[C@H]1O5)C(=O)OC(C)(C)C. The number of phenols is 1. The lowest BCUT2D eigenvalue weighted by Gasteiger charge is -2.65. The molecule has 0 unspecified atom stereocenters. The monoisotopic (exact) mass is 486 g/mol. The molecule has 2 aliphatic heterocycles. The molecule has 0 aromatic heterocycles. The maximum absolute atomic E-state index is 13.3. The van der Waals surface area contributed by atoms with E-state index in [9.17, 15) is 9.90 Å². The van der Waals surface area contributed by atoms with E-state index in [1.807, 2.05) is 27.9 Å². The third-order valence-corrected chi connectivity index (χ3v) is 9.32. The van der Waals surface area contributed by atoms with Crippen LogP contribution in [0.3, 0.4) is 0 Å². The predicted molar refractivity (Wildman–Crippen MR) is 134 cm³/mol. The van der Waals surface area contributed by atoms with Crippen molar-refractivity contribution >= 4 is 5.97 Å². The summed E-state index contributed by atoms with van der Waals surface area (Å²) < 4.78 is 19.1. The summed E-state index contributed by atoms with van der Waals surface area (Å²) in [7, 11) is 4.04. The van der Waals surface area contributed by atoms with Gasteiger partial charge in [-0.3, -0.25) is 10.1 Å². The summed E-state index contributed by atoms with van der Waals surface area (Å²) in [6.07, 6.45) is 4.09. The molecule has 4 aliphatic rings. The summed E-state index contributed by atoms with van der Waals surface area (Å²) in [6.45, 7) is 10.9. The molecule has 1 aromatic rings. The first-order chi connectivity index (χ1) is 16.5. The minimum Gasteiger partial charge on any atom is -0.504 e. The molecule has 2 heterocycles. The Morgan fingerprint density at radius 3 is 2.74 bits per heavy atom. The van der Waals surface area contributed by atoms with Crippen molar-refractivity contribution in [1.29, 1.82) is 0 Å². The van der Waals surface area contributed by atoms with Crippen molar-refractivity contribution in [2.45, 2.75) is 108 Å². The van der Waals surface area contributed by atoms with Crippen LogP contribution in [-0.2, 0) is 26.1 Å². The quantitative estimate of drug-likeness (QED) is 0.596. The fourth-order valence-corrected chi connectivity index (χ4v) is 7.61. The van der Waals surface area contributed by atoms with E-state index in [1.165, 1.54) is 5.56 Å². The zero-order chi connectivity index (χ0) is 25.3. The van der Waals surface area contributed by atoms with E-state index < -0.39 is 17.2 Å². The van der Waals surface area contributed by atoms with E-state index in [-0.39, 0.29) is 41.2 Å². The lowest BCUT2D eigenvalue weighted by Crippen LogP contribution is -2.78. The highest BCUT2D eigenvalue weighted by molar-refractivity contribution is 5.76. The van der Waals surface area contributed by atoms with E-state index in [0.29, 0.717) is 5.75 Å². The van der Waals surface area contributed by atoms with Crippen LogP contribution in [-0.4, -0.2) is 72.1 Å². The van der Waals surface area contributed by atoms with E-state index in [0.717, 1.165) is 44.2 Å². The standard InChI is InChI=1S/C28H42N2O5/c1-8-16(2)22(25(32)35-26(3,4)5)29-18-11-12-28(33-7)20-15-17-9-10-19(31)23-21(17)27(28,24(18)34-23)13-14-30(20)6/h9-10,16,18,20,22,24,29,31H,8,11-15H2,1-7H3/t16-,18-,20+,22-,24-,27-,28+/m0/s1. The second kappa shape index (κ2) is 8.35. The minimum absolute atomic E-state index is 0.0633. The molecule has 2 fully saturated rings. The second-order valence-electron chi connectivity index (χ2n) is 12.2. The Bertz CT molecular complexity index is 1010. The Morgan fingerprint density at radius 2 is 2.09 bits per heavy atom. The molecule has 35 heavy (non-hydrogen) atoms. The second-order valence-corrected chi connectivity index (χ2v) is 12.2. The van der Waals surface area contributed by atoms with Crippen LogP contribution in [0.5, 0.6) is 11.5 Å². The number of rotatable bonds is 6. The number of nitrogens with zero attached hydrogens (tertiary/aromatic N) is 1. The van der Waals surface area contributed by atoms with E-state index in [1.54, 1.807) is 6.07 Å². The molecule has 1 saturated heterocycles. The molecule has 1 saturated carbocycles. The van der Waals surface area contributed by atoms with Gasteiger partial charge in [0.1, 0.15) is 17.7 Å². The number of methoxy groups -OCH3 is 1. The van der Waals surface area contributed by atoms with Gasteiger partial charge in [0.05, 0.1) is 11.0 Å². The van der Waals surface area contributed by atoms with Gasteiger partial charge in [-0.15, -0.1) is 0 Å². The molecular formula is C28H42N2O5. The third-order valence-electron chi connectivity index (χ3n) is 9.32. The van der Waals surface area contributed by atoms with Gasteiger partial charge in [-0.1, -0.05) is 26.3 Å². The summed E-state index contributed by atoms with van der Waals surface area (Å²) in [4.78, 5) is 15.7. The van der Waals surface area contributed by atoms with Crippen LogP contribution >= 0.6 is 0 Å². The molecule has 5 rings (SSSR count). The first-order valence-corrected chi connectivity index (χ1v) is 13.3. The zero-order valence-electron chi connectivity index (χ0n) is 22.3. The average Bonchev–Trinajstić information content (AvgIpc) is 3.16. The first kappa shape index (κ1) is 24.8. The molecule has 7 nitrogen and oxygen atoms in total. The van der Waals surface area contributed by atoms with E-state index in [2.05, 4.69) is 37.2 Å². The van der Waals surface area contributed by atoms with Crippen molar-refractivity contribution in [3.63, 3.8) is 0 Å². The number of benzene rings is 1. The fraction of sp³-hybridized carbons (Fsp3) is 0.750. The van der Waals surface area contributed by atoms with Crippen LogP contribution in [0.25, 0.3) is 0 Å². The number of likely N-dealkylation sites (N-methyl/N-ethyl adjacent to an activating group) is 1. The average molecular weight is 487 g/mol.